The number of rotatable bonds is 6. The van der Waals surface area contributed by atoms with Crippen molar-refractivity contribution in [3.8, 4) is 11.3 Å². The van der Waals surface area contributed by atoms with Crippen molar-refractivity contribution in [1.82, 2.24) is 15.5 Å². The number of aliphatic hydroxyl groups excluding tert-OH is 1. The molecule has 2 amide bonds. The zero-order valence-electron chi connectivity index (χ0n) is 15.3. The molecule has 0 bridgehead atoms. The van der Waals surface area contributed by atoms with Gasteiger partial charge in [0, 0.05) is 12.1 Å². The Labute approximate surface area is 164 Å². The topological polar surface area (TPSA) is 107 Å². The molecule has 0 aliphatic rings. The average molecular weight is 400 g/mol. The molecule has 3 rings (SSSR count). The van der Waals surface area contributed by atoms with Crippen LogP contribution >= 0.6 is 0 Å². The van der Waals surface area contributed by atoms with E-state index in [0.717, 1.165) is 17.7 Å². The van der Waals surface area contributed by atoms with E-state index in [4.69, 9.17) is 0 Å². The van der Waals surface area contributed by atoms with Crippen molar-refractivity contribution >= 4 is 17.6 Å². The van der Waals surface area contributed by atoms with Crippen LogP contribution in [0.25, 0.3) is 11.3 Å². The van der Waals surface area contributed by atoms with Crippen LogP contribution in [0, 0.1) is 11.6 Å². The van der Waals surface area contributed by atoms with Gasteiger partial charge in [-0.2, -0.15) is 5.10 Å². The molecule has 2 atom stereocenters. The molecule has 2 aromatic carbocycles. The molecule has 7 nitrogen and oxygen atoms in total. The van der Waals surface area contributed by atoms with Gasteiger partial charge in [-0.25, -0.2) is 8.78 Å². The van der Waals surface area contributed by atoms with E-state index in [1.165, 1.54) is 6.92 Å². The van der Waals surface area contributed by atoms with Gasteiger partial charge in [0.2, 0.25) is 5.91 Å². The van der Waals surface area contributed by atoms with Gasteiger partial charge < -0.3 is 15.7 Å². The molecule has 0 radical (unpaired) electrons. The fraction of sp³-hybridized carbons (Fsp3) is 0.150. The molecule has 0 saturated carbocycles. The third kappa shape index (κ3) is 5.02. The molecule has 0 spiro atoms. The van der Waals surface area contributed by atoms with Crippen molar-refractivity contribution < 1.29 is 23.5 Å². The SMILES string of the molecule is CC(NC(=O)C(O)c1cc(F)cc(F)c1)C(=O)Nc1cc(-c2ccccc2)[nH]n1. The summed E-state index contributed by atoms with van der Waals surface area (Å²) >= 11 is 0. The second-order valence-corrected chi connectivity index (χ2v) is 6.36. The number of benzene rings is 2. The Balaban J connectivity index is 1.60. The van der Waals surface area contributed by atoms with Gasteiger partial charge in [-0.15, -0.1) is 0 Å². The summed E-state index contributed by atoms with van der Waals surface area (Å²) < 4.78 is 26.5. The predicted molar refractivity (Wildman–Crippen MR) is 102 cm³/mol. The van der Waals surface area contributed by atoms with Gasteiger partial charge in [-0.05, 0) is 30.2 Å². The van der Waals surface area contributed by atoms with E-state index in [1.54, 1.807) is 6.07 Å². The normalized spacial score (nSPS) is 12.8. The first kappa shape index (κ1) is 20.2. The van der Waals surface area contributed by atoms with E-state index >= 15 is 0 Å². The number of aromatic nitrogens is 2. The van der Waals surface area contributed by atoms with Crippen molar-refractivity contribution in [2.24, 2.45) is 0 Å². The van der Waals surface area contributed by atoms with E-state index in [9.17, 15) is 23.5 Å². The first-order valence-corrected chi connectivity index (χ1v) is 8.69. The number of amides is 2. The number of carbonyl (C=O) groups excluding carboxylic acids is 2. The number of nitrogens with zero attached hydrogens (tertiary/aromatic N) is 1. The van der Waals surface area contributed by atoms with Gasteiger partial charge in [0.1, 0.15) is 17.7 Å². The van der Waals surface area contributed by atoms with Crippen LogP contribution in [0.4, 0.5) is 14.6 Å². The van der Waals surface area contributed by atoms with E-state index in [2.05, 4.69) is 20.8 Å². The first-order chi connectivity index (χ1) is 13.8. The number of hydrogen-bond donors (Lipinski definition) is 4. The Morgan fingerprint density at radius 3 is 2.34 bits per heavy atom. The van der Waals surface area contributed by atoms with Crippen LogP contribution < -0.4 is 10.6 Å². The lowest BCUT2D eigenvalue weighted by atomic mass is 10.1. The van der Waals surface area contributed by atoms with Crippen LogP contribution in [0.1, 0.15) is 18.6 Å². The van der Waals surface area contributed by atoms with E-state index in [1.807, 2.05) is 30.3 Å². The van der Waals surface area contributed by atoms with Crippen LogP contribution in [0.5, 0.6) is 0 Å². The minimum Gasteiger partial charge on any atom is -0.378 e. The summed E-state index contributed by atoms with van der Waals surface area (Å²) in [6.07, 6.45) is -1.83. The van der Waals surface area contributed by atoms with Crippen molar-refractivity contribution in [1.29, 1.82) is 0 Å². The Hall–Kier alpha value is -3.59. The second-order valence-electron chi connectivity index (χ2n) is 6.36. The summed E-state index contributed by atoms with van der Waals surface area (Å²) in [4.78, 5) is 24.4. The van der Waals surface area contributed by atoms with Crippen molar-refractivity contribution in [3.05, 3.63) is 71.8 Å². The highest BCUT2D eigenvalue weighted by Crippen LogP contribution is 2.19. The third-order valence-corrected chi connectivity index (χ3v) is 4.11. The Kier molecular flexibility index (Phi) is 5.99. The zero-order valence-corrected chi connectivity index (χ0v) is 15.3. The number of hydrogen-bond acceptors (Lipinski definition) is 4. The maximum absolute atomic E-state index is 13.3. The Bertz CT molecular complexity index is 1000. The molecular weight excluding hydrogens is 382 g/mol. The molecule has 4 N–H and O–H groups in total. The highest BCUT2D eigenvalue weighted by atomic mass is 19.1. The molecule has 9 heteroatoms. The second kappa shape index (κ2) is 8.61. The van der Waals surface area contributed by atoms with Gasteiger partial charge in [0.25, 0.3) is 5.91 Å². The molecule has 3 aromatic rings. The monoisotopic (exact) mass is 400 g/mol. The Morgan fingerprint density at radius 1 is 1.03 bits per heavy atom. The molecule has 2 unspecified atom stereocenters. The quantitative estimate of drug-likeness (QED) is 0.510. The number of halogens is 2. The van der Waals surface area contributed by atoms with Gasteiger partial charge >= 0.3 is 0 Å². The van der Waals surface area contributed by atoms with E-state index in [-0.39, 0.29) is 11.4 Å². The predicted octanol–water partition coefficient (Wildman–Crippen LogP) is 2.53. The van der Waals surface area contributed by atoms with Crippen LogP contribution in [0.3, 0.4) is 0 Å². The van der Waals surface area contributed by atoms with Gasteiger partial charge in [0.05, 0.1) is 5.69 Å². The van der Waals surface area contributed by atoms with Crippen LogP contribution in [0.2, 0.25) is 0 Å². The Morgan fingerprint density at radius 2 is 1.69 bits per heavy atom. The van der Waals surface area contributed by atoms with E-state index < -0.39 is 35.6 Å². The maximum atomic E-state index is 13.3. The summed E-state index contributed by atoms with van der Waals surface area (Å²) in [6, 6.07) is 12.2. The minimum atomic E-state index is -1.83. The number of anilines is 1. The van der Waals surface area contributed by atoms with Crippen molar-refractivity contribution in [2.45, 2.75) is 19.1 Å². The lowest BCUT2D eigenvalue weighted by Gasteiger charge is -2.16. The summed E-state index contributed by atoms with van der Waals surface area (Å²) in [5.74, 6) is -3.15. The molecule has 29 heavy (non-hydrogen) atoms. The first-order valence-electron chi connectivity index (χ1n) is 8.69. The third-order valence-electron chi connectivity index (χ3n) is 4.11. The molecule has 150 valence electrons. The van der Waals surface area contributed by atoms with Crippen molar-refractivity contribution in [2.75, 3.05) is 5.32 Å². The lowest BCUT2D eigenvalue weighted by molar-refractivity contribution is -0.132. The zero-order chi connectivity index (χ0) is 21.0. The summed E-state index contributed by atoms with van der Waals surface area (Å²) in [7, 11) is 0. The molecular formula is C20H18F2N4O3. The smallest absolute Gasteiger partial charge is 0.254 e. The van der Waals surface area contributed by atoms with Crippen LogP contribution in [-0.4, -0.2) is 33.2 Å². The van der Waals surface area contributed by atoms with E-state index in [0.29, 0.717) is 11.8 Å². The highest BCUT2D eigenvalue weighted by molar-refractivity contribution is 5.97. The number of H-pyrrole nitrogens is 1. The lowest BCUT2D eigenvalue weighted by Crippen LogP contribution is -2.43. The highest BCUT2D eigenvalue weighted by Gasteiger charge is 2.23. The molecule has 0 aliphatic carbocycles. The minimum absolute atomic E-state index is 0.253. The fourth-order valence-electron chi connectivity index (χ4n) is 2.63. The van der Waals surface area contributed by atoms with Gasteiger partial charge in [-0.3, -0.25) is 14.7 Å². The number of aromatic amines is 1. The largest absolute Gasteiger partial charge is 0.378 e. The molecule has 0 aliphatic heterocycles. The average Bonchev–Trinajstić information content (AvgIpc) is 3.15. The fourth-order valence-corrected chi connectivity index (χ4v) is 2.63. The van der Waals surface area contributed by atoms with Crippen LogP contribution in [-0.2, 0) is 9.59 Å². The van der Waals surface area contributed by atoms with Crippen LogP contribution in [0.15, 0.2) is 54.6 Å². The maximum Gasteiger partial charge on any atom is 0.254 e. The number of carbonyl (C=O) groups is 2. The summed E-state index contributed by atoms with van der Waals surface area (Å²) in [5.41, 5.74) is 1.32. The summed E-state index contributed by atoms with van der Waals surface area (Å²) in [6.45, 7) is 1.40. The number of aliphatic hydroxyl groups is 1. The molecule has 0 fully saturated rings. The van der Waals surface area contributed by atoms with Gasteiger partial charge in [-0.1, -0.05) is 30.3 Å². The van der Waals surface area contributed by atoms with Gasteiger partial charge in [0.15, 0.2) is 11.9 Å². The standard InChI is InChI=1S/C20H18F2N4O3/c1-11(23-20(29)18(27)13-7-14(21)9-15(22)8-13)19(28)24-17-10-16(25-26-17)12-5-3-2-4-6-12/h2-11,18,27H,1H3,(H,23,29)(H2,24,25,26,28). The van der Waals surface area contributed by atoms with Crippen molar-refractivity contribution in [3.63, 3.8) is 0 Å². The summed E-state index contributed by atoms with van der Waals surface area (Å²) in [5, 5.41) is 21.6. The molecule has 1 aromatic heterocycles. The number of nitrogens with one attached hydrogen (secondary N) is 3. The molecule has 1 heterocycles. The molecule has 0 saturated heterocycles.